The second-order valence-electron chi connectivity index (χ2n) is 11.0. The van der Waals surface area contributed by atoms with E-state index in [-0.39, 0.29) is 42.8 Å². The van der Waals surface area contributed by atoms with E-state index in [1.165, 1.54) is 11.8 Å². The first-order chi connectivity index (χ1) is 18.0. The van der Waals surface area contributed by atoms with E-state index in [2.05, 4.69) is 0 Å². The third kappa shape index (κ3) is 4.16. The van der Waals surface area contributed by atoms with Gasteiger partial charge in [0.15, 0.2) is 20.1 Å². The number of anilines is 2. The number of β-lactam (4-membered cyclic amide) rings is 1. The van der Waals surface area contributed by atoms with Crippen molar-refractivity contribution in [3.63, 3.8) is 0 Å². The average molecular weight is 539 g/mol. The van der Waals surface area contributed by atoms with Crippen LogP contribution in [0.2, 0.25) is 18.6 Å². The Bertz CT molecular complexity index is 1280. The Hall–Kier alpha value is -3.05. The first kappa shape index (κ1) is 26.5. The molecule has 0 aliphatic carbocycles. The van der Waals surface area contributed by atoms with Gasteiger partial charge in [0.25, 0.3) is 5.91 Å². The van der Waals surface area contributed by atoms with Crippen molar-refractivity contribution in [2.45, 2.75) is 69.8 Å². The van der Waals surface area contributed by atoms with Gasteiger partial charge in [-0.3, -0.25) is 19.3 Å². The van der Waals surface area contributed by atoms with E-state index in [0.717, 1.165) is 16.8 Å². The monoisotopic (exact) mass is 538 g/mol. The van der Waals surface area contributed by atoms with E-state index in [9.17, 15) is 24.3 Å². The third-order valence-electron chi connectivity index (χ3n) is 8.04. The lowest BCUT2D eigenvalue weighted by Crippen LogP contribution is -2.54. The molecule has 202 valence electrons. The van der Waals surface area contributed by atoms with Gasteiger partial charge in [0.2, 0.25) is 5.91 Å². The molecule has 2 amide bonds. The molecule has 2 aromatic rings. The second kappa shape index (κ2) is 9.60. The Morgan fingerprint density at radius 3 is 2.58 bits per heavy atom. The molecule has 5 rings (SSSR count). The SMILES string of the molecule is CC(=O)OC1CC(=O)N1c1cccc(CN2C(=O)[C@@]3(O[C@@H](CCO)[C@H]([Si](C)(C)O)[C@H]3C)c3ccccc32)c1. The Labute approximate surface area is 223 Å². The van der Waals surface area contributed by atoms with E-state index >= 15 is 0 Å². The zero-order valence-corrected chi connectivity index (χ0v) is 23.1. The summed E-state index contributed by atoms with van der Waals surface area (Å²) in [6.45, 7) is 7.15. The number of carbonyl (C=O) groups is 3. The fourth-order valence-electron chi connectivity index (χ4n) is 6.56. The molecular formula is C28H34N2O7Si. The summed E-state index contributed by atoms with van der Waals surface area (Å²) in [5.74, 6) is -1.08. The van der Waals surface area contributed by atoms with Crippen LogP contribution in [0.4, 0.5) is 11.4 Å². The van der Waals surface area contributed by atoms with E-state index in [1.807, 2.05) is 62.5 Å². The van der Waals surface area contributed by atoms with Gasteiger partial charge in [0, 0.05) is 36.2 Å². The van der Waals surface area contributed by atoms with Crippen LogP contribution in [0.1, 0.15) is 37.8 Å². The lowest BCUT2D eigenvalue weighted by atomic mass is 9.82. The van der Waals surface area contributed by atoms with Gasteiger partial charge in [-0.05, 0) is 43.3 Å². The molecule has 1 unspecified atom stereocenters. The lowest BCUT2D eigenvalue weighted by molar-refractivity contribution is -0.154. The van der Waals surface area contributed by atoms with Crippen LogP contribution in [-0.2, 0) is 36.0 Å². The zero-order chi connectivity index (χ0) is 27.4. The van der Waals surface area contributed by atoms with Crippen molar-refractivity contribution in [1.29, 1.82) is 0 Å². The number of esters is 1. The molecule has 10 heteroatoms. The number of carbonyl (C=O) groups excluding carboxylic acids is 3. The van der Waals surface area contributed by atoms with E-state index < -0.39 is 32.2 Å². The minimum absolute atomic E-state index is 0.0929. The number of amides is 2. The van der Waals surface area contributed by atoms with Gasteiger partial charge in [-0.2, -0.15) is 0 Å². The van der Waals surface area contributed by atoms with Crippen LogP contribution in [-0.4, -0.2) is 54.9 Å². The number of aliphatic hydroxyl groups excluding tert-OH is 1. The molecule has 2 N–H and O–H groups in total. The number of hydrogen-bond donors (Lipinski definition) is 2. The summed E-state index contributed by atoms with van der Waals surface area (Å²) in [7, 11) is -2.75. The quantitative estimate of drug-likeness (QED) is 0.316. The van der Waals surface area contributed by atoms with Crippen molar-refractivity contribution in [1.82, 2.24) is 0 Å². The maximum Gasteiger partial charge on any atom is 0.304 e. The molecule has 0 saturated carbocycles. The number of nitrogens with zero attached hydrogens (tertiary/aromatic N) is 2. The fourth-order valence-corrected chi connectivity index (χ4v) is 9.16. The number of para-hydroxylation sites is 1. The van der Waals surface area contributed by atoms with Crippen molar-refractivity contribution in [2.75, 3.05) is 16.4 Å². The van der Waals surface area contributed by atoms with Gasteiger partial charge in [-0.25, -0.2) is 0 Å². The molecular weight excluding hydrogens is 504 g/mol. The minimum Gasteiger partial charge on any atom is -0.441 e. The third-order valence-corrected chi connectivity index (χ3v) is 10.5. The fraction of sp³-hybridized carbons (Fsp3) is 0.464. The molecule has 3 heterocycles. The highest BCUT2D eigenvalue weighted by Gasteiger charge is 2.66. The predicted molar refractivity (Wildman–Crippen MR) is 143 cm³/mol. The Morgan fingerprint density at radius 2 is 1.92 bits per heavy atom. The first-order valence-corrected chi connectivity index (χ1v) is 16.0. The average Bonchev–Trinajstić information content (AvgIpc) is 3.26. The van der Waals surface area contributed by atoms with Crippen LogP contribution in [0, 0.1) is 5.92 Å². The van der Waals surface area contributed by atoms with Crippen molar-refractivity contribution >= 4 is 37.5 Å². The molecule has 0 bridgehead atoms. The van der Waals surface area contributed by atoms with Gasteiger partial charge < -0.3 is 24.3 Å². The maximum atomic E-state index is 14.3. The van der Waals surface area contributed by atoms with E-state index in [1.54, 1.807) is 11.0 Å². The maximum absolute atomic E-state index is 14.3. The number of aliphatic hydroxyl groups is 1. The summed E-state index contributed by atoms with van der Waals surface area (Å²) >= 11 is 0. The summed E-state index contributed by atoms with van der Waals surface area (Å²) in [6, 6.07) is 14.9. The molecule has 2 fully saturated rings. The van der Waals surface area contributed by atoms with Gasteiger partial charge in [-0.15, -0.1) is 0 Å². The highest BCUT2D eigenvalue weighted by atomic mass is 28.4. The molecule has 3 aliphatic rings. The molecule has 2 saturated heterocycles. The largest absolute Gasteiger partial charge is 0.441 e. The second-order valence-corrected chi connectivity index (χ2v) is 15.0. The van der Waals surface area contributed by atoms with E-state index in [0.29, 0.717) is 12.1 Å². The number of benzene rings is 2. The normalized spacial score (nSPS) is 28.6. The topological polar surface area (TPSA) is 117 Å². The highest BCUT2D eigenvalue weighted by molar-refractivity contribution is 6.71. The summed E-state index contributed by atoms with van der Waals surface area (Å²) in [6.07, 6.45) is -0.580. The predicted octanol–water partition coefficient (Wildman–Crippen LogP) is 3.04. The van der Waals surface area contributed by atoms with Gasteiger partial charge in [0.05, 0.1) is 24.8 Å². The summed E-state index contributed by atoms with van der Waals surface area (Å²) in [4.78, 5) is 52.4. The Kier molecular flexibility index (Phi) is 6.71. The van der Waals surface area contributed by atoms with E-state index in [4.69, 9.17) is 9.47 Å². The number of fused-ring (bicyclic) bond motifs is 2. The molecule has 5 atom stereocenters. The molecule has 9 nitrogen and oxygen atoms in total. The van der Waals surface area contributed by atoms with Crippen LogP contribution >= 0.6 is 0 Å². The number of ether oxygens (including phenoxy) is 2. The summed E-state index contributed by atoms with van der Waals surface area (Å²) < 4.78 is 11.8. The Morgan fingerprint density at radius 1 is 1.18 bits per heavy atom. The first-order valence-electron chi connectivity index (χ1n) is 13.0. The lowest BCUT2D eigenvalue weighted by Gasteiger charge is -2.39. The van der Waals surface area contributed by atoms with Crippen LogP contribution in [0.25, 0.3) is 0 Å². The zero-order valence-electron chi connectivity index (χ0n) is 22.1. The number of hydrogen-bond acceptors (Lipinski definition) is 7. The van der Waals surface area contributed by atoms with Gasteiger partial charge >= 0.3 is 5.97 Å². The molecule has 2 aromatic carbocycles. The van der Waals surface area contributed by atoms with Crippen LogP contribution in [0.3, 0.4) is 0 Å². The summed E-state index contributed by atoms with van der Waals surface area (Å²) in [5.41, 5.74) is 1.43. The van der Waals surface area contributed by atoms with Crippen molar-refractivity contribution in [3.05, 3.63) is 59.7 Å². The highest BCUT2D eigenvalue weighted by Crippen LogP contribution is 2.59. The summed E-state index contributed by atoms with van der Waals surface area (Å²) in [5, 5.41) is 9.72. The molecule has 0 radical (unpaired) electrons. The van der Waals surface area contributed by atoms with Crippen molar-refractivity contribution in [3.8, 4) is 0 Å². The molecule has 1 spiro atoms. The molecule has 0 aromatic heterocycles. The standard InChI is InChI=1S/C28H34N2O7Si/c1-17-26(38(3,4)35)23(12-13-31)37-28(17)21-10-5-6-11-22(21)29(27(28)34)16-19-8-7-9-20(14-19)30-24(33)15-25(30)36-18(2)32/h5-11,14,17,23,25-26,31,35H,12-13,15-16H2,1-4H3/t17-,23+,25?,26-,28+/m1/s1. The Balaban J connectivity index is 1.48. The van der Waals surface area contributed by atoms with Crippen LogP contribution in [0.5, 0.6) is 0 Å². The number of rotatable bonds is 7. The van der Waals surface area contributed by atoms with Crippen LogP contribution < -0.4 is 9.80 Å². The van der Waals surface area contributed by atoms with Gasteiger partial charge in [0.1, 0.15) is 0 Å². The van der Waals surface area contributed by atoms with Crippen molar-refractivity contribution in [2.24, 2.45) is 5.92 Å². The van der Waals surface area contributed by atoms with Crippen LogP contribution in [0.15, 0.2) is 48.5 Å². The van der Waals surface area contributed by atoms with Crippen molar-refractivity contribution < 1.29 is 33.8 Å². The molecule has 3 aliphatic heterocycles. The minimum atomic E-state index is -2.75. The smallest absolute Gasteiger partial charge is 0.304 e. The molecule has 38 heavy (non-hydrogen) atoms. The van der Waals surface area contributed by atoms with Gasteiger partial charge in [-0.1, -0.05) is 37.3 Å².